The Labute approximate surface area is 325 Å². The number of carbonyl (C=O) groups is 5. The van der Waals surface area contributed by atoms with Crippen molar-refractivity contribution in [3.8, 4) is 5.75 Å². The quantitative estimate of drug-likeness (QED) is 0.190. The van der Waals surface area contributed by atoms with E-state index in [0.717, 1.165) is 62.5 Å². The van der Waals surface area contributed by atoms with E-state index in [1.54, 1.807) is 20.0 Å². The molecule has 2 aromatic rings. The van der Waals surface area contributed by atoms with Crippen molar-refractivity contribution in [2.75, 3.05) is 12.4 Å². The van der Waals surface area contributed by atoms with E-state index in [1.807, 2.05) is 30.3 Å². The molecule has 298 valence electrons. The Morgan fingerprint density at radius 3 is 2.24 bits per heavy atom. The van der Waals surface area contributed by atoms with Gasteiger partial charge < -0.3 is 26.6 Å². The number of hydrogen-bond donors (Lipinski definition) is 5. The van der Waals surface area contributed by atoms with Gasteiger partial charge in [-0.1, -0.05) is 59.6 Å². The number of carboxylic acids is 1. The van der Waals surface area contributed by atoms with E-state index in [0.29, 0.717) is 18.5 Å². The standard InChI is InChI=1S/C44H60N4O7/c1-26(46-37(53)33(45)15-17-35(50)51)36(52)47-29-13-10-28-18-23-44(6)42(4,32(28)24-29)21-9-22-43(44,5)39(55)48(7)38(54)41(3)20-8-19-40(2)31-25-30(49)14-11-27(31)12-16-34(40)41/h10-11,13-14,24-26,33-34,49H,8-9,12,15-23,45H2,1-7H3,(H,46,53)(H,47,52)(H,50,51)/t26-,33-,34+,40+,41-,42+,43+,44+/m0/s1. The molecule has 2 aromatic carbocycles. The van der Waals surface area contributed by atoms with Crippen molar-refractivity contribution in [2.45, 2.75) is 142 Å². The van der Waals surface area contributed by atoms with Crippen LogP contribution in [-0.4, -0.2) is 63.8 Å². The van der Waals surface area contributed by atoms with Gasteiger partial charge in [0.15, 0.2) is 0 Å². The van der Waals surface area contributed by atoms with Gasteiger partial charge in [-0.2, -0.15) is 0 Å². The zero-order valence-corrected chi connectivity index (χ0v) is 33.6. The van der Waals surface area contributed by atoms with Crippen LogP contribution in [-0.2, 0) is 47.6 Å². The molecule has 11 nitrogen and oxygen atoms in total. The first kappa shape index (κ1) is 40.4. The molecule has 0 spiro atoms. The van der Waals surface area contributed by atoms with Gasteiger partial charge in [-0.3, -0.25) is 28.9 Å². The fraction of sp³-hybridized carbons (Fsp3) is 0.614. The second-order valence-corrected chi connectivity index (χ2v) is 18.3. The summed E-state index contributed by atoms with van der Waals surface area (Å²) in [4.78, 5) is 68.1. The summed E-state index contributed by atoms with van der Waals surface area (Å²) in [6.45, 7) is 12.4. The van der Waals surface area contributed by atoms with Crippen LogP contribution in [0.2, 0.25) is 0 Å². The predicted octanol–water partition coefficient (Wildman–Crippen LogP) is 6.12. The fourth-order valence-electron chi connectivity index (χ4n) is 11.6. The molecule has 0 unspecified atom stereocenters. The zero-order valence-electron chi connectivity index (χ0n) is 33.6. The van der Waals surface area contributed by atoms with E-state index in [4.69, 9.17) is 10.8 Å². The number of nitrogens with two attached hydrogens (primary N) is 1. The normalized spacial score (nSPS) is 32.0. The number of imide groups is 1. The van der Waals surface area contributed by atoms with Gasteiger partial charge in [-0.05, 0) is 133 Å². The molecule has 0 heterocycles. The van der Waals surface area contributed by atoms with Gasteiger partial charge in [0.1, 0.15) is 11.8 Å². The number of hydrogen-bond acceptors (Lipinski definition) is 7. The van der Waals surface area contributed by atoms with Crippen LogP contribution in [0.5, 0.6) is 5.75 Å². The Bertz CT molecular complexity index is 1910. The number of aromatic hydroxyl groups is 1. The monoisotopic (exact) mass is 756 g/mol. The molecule has 4 aliphatic rings. The number of amides is 4. The summed E-state index contributed by atoms with van der Waals surface area (Å²) in [7, 11) is 1.69. The van der Waals surface area contributed by atoms with Gasteiger partial charge >= 0.3 is 5.97 Å². The van der Waals surface area contributed by atoms with Crippen LogP contribution in [0.4, 0.5) is 5.69 Å². The topological polar surface area (TPSA) is 179 Å². The van der Waals surface area contributed by atoms with Crippen molar-refractivity contribution in [1.29, 1.82) is 0 Å². The summed E-state index contributed by atoms with van der Waals surface area (Å²) in [6, 6.07) is 9.59. The van der Waals surface area contributed by atoms with E-state index in [-0.39, 0.29) is 41.7 Å². The van der Waals surface area contributed by atoms with Crippen molar-refractivity contribution < 1.29 is 34.2 Å². The van der Waals surface area contributed by atoms with Gasteiger partial charge in [0.2, 0.25) is 23.6 Å². The molecule has 55 heavy (non-hydrogen) atoms. The molecule has 0 saturated heterocycles. The van der Waals surface area contributed by atoms with E-state index in [1.165, 1.54) is 16.0 Å². The summed E-state index contributed by atoms with van der Waals surface area (Å²) >= 11 is 0. The number of benzene rings is 2. The van der Waals surface area contributed by atoms with Crippen LogP contribution in [0.1, 0.15) is 128 Å². The average Bonchev–Trinajstić information content (AvgIpc) is 3.14. The van der Waals surface area contributed by atoms with Crippen LogP contribution < -0.4 is 16.4 Å². The molecule has 6 N–H and O–H groups in total. The lowest BCUT2D eigenvalue weighted by Crippen LogP contribution is -2.64. The highest BCUT2D eigenvalue weighted by Crippen LogP contribution is 2.66. The minimum absolute atomic E-state index is 0.0331. The molecule has 0 aliphatic heterocycles. The summed E-state index contributed by atoms with van der Waals surface area (Å²) in [6.07, 6.45) is 7.75. The third kappa shape index (κ3) is 6.53. The van der Waals surface area contributed by atoms with Crippen LogP contribution in [0.25, 0.3) is 0 Å². The van der Waals surface area contributed by atoms with Gasteiger partial charge in [-0.25, -0.2) is 0 Å². The van der Waals surface area contributed by atoms with Crippen LogP contribution >= 0.6 is 0 Å². The van der Waals surface area contributed by atoms with Crippen LogP contribution in [0.3, 0.4) is 0 Å². The van der Waals surface area contributed by atoms with Crippen LogP contribution in [0.15, 0.2) is 36.4 Å². The minimum Gasteiger partial charge on any atom is -0.508 e. The summed E-state index contributed by atoms with van der Waals surface area (Å²) in [5.41, 5.74) is 8.25. The van der Waals surface area contributed by atoms with E-state index in [2.05, 4.69) is 45.3 Å². The first-order chi connectivity index (χ1) is 25.7. The van der Waals surface area contributed by atoms with E-state index in [9.17, 15) is 24.3 Å². The van der Waals surface area contributed by atoms with Gasteiger partial charge in [0, 0.05) is 19.2 Å². The number of aryl methyl sites for hydroxylation is 2. The highest BCUT2D eigenvalue weighted by molar-refractivity contribution is 6.01. The first-order valence-electron chi connectivity index (χ1n) is 20.1. The molecule has 11 heteroatoms. The van der Waals surface area contributed by atoms with Crippen LogP contribution in [0, 0.1) is 22.2 Å². The number of aliphatic carboxylic acids is 1. The second kappa shape index (κ2) is 14.4. The molecular formula is C44H60N4O7. The van der Waals surface area contributed by atoms with Crippen molar-refractivity contribution in [3.05, 3.63) is 58.7 Å². The van der Waals surface area contributed by atoms with Crippen molar-refractivity contribution in [1.82, 2.24) is 10.2 Å². The number of carboxylic acid groups (broad SMARTS) is 1. The molecule has 0 aromatic heterocycles. The highest BCUT2D eigenvalue weighted by Gasteiger charge is 2.65. The van der Waals surface area contributed by atoms with E-state index < -0.39 is 51.5 Å². The van der Waals surface area contributed by atoms with Gasteiger partial charge in [-0.15, -0.1) is 0 Å². The third-order valence-corrected chi connectivity index (χ3v) is 15.3. The second-order valence-electron chi connectivity index (χ2n) is 18.3. The Hall–Kier alpha value is -4.25. The lowest BCUT2D eigenvalue weighted by molar-refractivity contribution is -0.171. The number of nitrogens with one attached hydrogen (secondary N) is 2. The fourth-order valence-corrected chi connectivity index (χ4v) is 11.6. The number of nitrogens with zero attached hydrogens (tertiary/aromatic N) is 1. The van der Waals surface area contributed by atoms with Crippen molar-refractivity contribution in [2.24, 2.45) is 27.9 Å². The molecule has 0 bridgehead atoms. The molecule has 4 amide bonds. The highest BCUT2D eigenvalue weighted by atomic mass is 16.4. The first-order valence-corrected chi connectivity index (χ1v) is 20.1. The molecule has 8 atom stereocenters. The Kier molecular flexibility index (Phi) is 10.5. The third-order valence-electron chi connectivity index (χ3n) is 15.3. The summed E-state index contributed by atoms with van der Waals surface area (Å²) in [5.74, 6) is -2.05. The van der Waals surface area contributed by atoms with Crippen molar-refractivity contribution >= 4 is 35.3 Å². The maximum atomic E-state index is 15.1. The predicted molar refractivity (Wildman–Crippen MR) is 210 cm³/mol. The molecule has 4 aliphatic carbocycles. The lowest BCUT2D eigenvalue weighted by atomic mass is 9.41. The summed E-state index contributed by atoms with van der Waals surface area (Å²) in [5, 5.41) is 24.9. The SMILES string of the molecule is C[C@H](NC(=O)[C@@H](N)CCC(=O)O)C(=O)Nc1ccc2c(c1)[C@@]1(C)CCC[C@](C)(C(=O)N(C)C(=O)[C@@]3(C)CCC[C@]4(C)c5cc(O)ccc5CC[C@@H]34)[C@]1(C)CC2. The summed E-state index contributed by atoms with van der Waals surface area (Å²) < 4.78 is 0. The number of anilines is 1. The maximum absolute atomic E-state index is 15.1. The number of rotatable bonds is 9. The largest absolute Gasteiger partial charge is 0.508 e. The maximum Gasteiger partial charge on any atom is 0.303 e. The smallest absolute Gasteiger partial charge is 0.303 e. The van der Waals surface area contributed by atoms with Gasteiger partial charge in [0.25, 0.3) is 0 Å². The number of fused-ring (bicyclic) bond motifs is 6. The number of phenols is 1. The Morgan fingerprint density at radius 1 is 0.855 bits per heavy atom. The molecule has 2 saturated carbocycles. The molecule has 2 fully saturated rings. The molecule has 0 radical (unpaired) electrons. The molecular weight excluding hydrogens is 697 g/mol. The minimum atomic E-state index is -1.05. The zero-order chi connectivity index (χ0) is 40.3. The lowest BCUT2D eigenvalue weighted by Gasteiger charge is -2.63. The number of phenolic OH excluding ortho intramolecular Hbond substituents is 1. The molecule has 6 rings (SSSR count). The Balaban J connectivity index is 1.23. The Morgan fingerprint density at radius 2 is 1.53 bits per heavy atom. The average molecular weight is 757 g/mol. The van der Waals surface area contributed by atoms with Crippen molar-refractivity contribution in [3.63, 3.8) is 0 Å². The number of carbonyl (C=O) groups excluding carboxylic acids is 4. The van der Waals surface area contributed by atoms with E-state index >= 15 is 4.79 Å². The van der Waals surface area contributed by atoms with Gasteiger partial charge in [0.05, 0.1) is 16.9 Å².